The van der Waals surface area contributed by atoms with Crippen LogP contribution in [0.4, 0.5) is 5.69 Å². The molecule has 0 aliphatic rings. The molecule has 0 bridgehead atoms. The highest BCUT2D eigenvalue weighted by atomic mass is 35.5. The van der Waals surface area contributed by atoms with E-state index in [1.54, 1.807) is 25.3 Å². The van der Waals surface area contributed by atoms with Crippen LogP contribution in [0.5, 0.6) is 0 Å². The first-order chi connectivity index (χ1) is 9.02. The number of anilines is 1. The van der Waals surface area contributed by atoms with E-state index in [9.17, 15) is 0 Å². The zero-order chi connectivity index (χ0) is 14.0. The summed E-state index contributed by atoms with van der Waals surface area (Å²) in [4.78, 5) is 4.34. The number of nitrogen functional groups attached to an aromatic ring is 1. The molecule has 0 saturated carbocycles. The van der Waals surface area contributed by atoms with Crippen molar-refractivity contribution in [1.29, 1.82) is 0 Å². The van der Waals surface area contributed by atoms with E-state index in [0.29, 0.717) is 28.0 Å². The molecule has 1 unspecified atom stereocenters. The smallest absolute Gasteiger partial charge is 0.260 e. The summed E-state index contributed by atoms with van der Waals surface area (Å²) in [6.07, 6.45) is -0.203. The van der Waals surface area contributed by atoms with E-state index < -0.39 is 0 Å². The lowest BCUT2D eigenvalue weighted by Crippen LogP contribution is -2.10. The van der Waals surface area contributed by atoms with Crippen molar-refractivity contribution < 1.29 is 9.26 Å². The first-order valence-corrected chi connectivity index (χ1v) is 6.32. The zero-order valence-electron chi connectivity index (χ0n) is 11.1. The lowest BCUT2D eigenvalue weighted by molar-refractivity contribution is 0.0556. The second-order valence-corrected chi connectivity index (χ2v) is 5.03. The van der Waals surface area contributed by atoms with Gasteiger partial charge in [0.2, 0.25) is 5.82 Å². The van der Waals surface area contributed by atoms with E-state index in [-0.39, 0.29) is 12.0 Å². The monoisotopic (exact) mass is 281 g/mol. The van der Waals surface area contributed by atoms with E-state index in [4.69, 9.17) is 26.6 Å². The Morgan fingerprint density at radius 3 is 2.68 bits per heavy atom. The Balaban J connectivity index is 2.35. The lowest BCUT2D eigenvalue weighted by atomic mass is 10.1. The van der Waals surface area contributed by atoms with Crippen LogP contribution in [-0.4, -0.2) is 17.3 Å². The van der Waals surface area contributed by atoms with Crippen molar-refractivity contribution in [3.05, 3.63) is 29.0 Å². The third-order valence-corrected chi connectivity index (χ3v) is 3.03. The van der Waals surface area contributed by atoms with Crippen molar-refractivity contribution in [2.75, 3.05) is 12.8 Å². The molecule has 6 heteroatoms. The van der Waals surface area contributed by atoms with Crippen LogP contribution in [0.2, 0.25) is 5.02 Å². The van der Waals surface area contributed by atoms with Crippen LogP contribution < -0.4 is 5.73 Å². The summed E-state index contributed by atoms with van der Waals surface area (Å²) >= 11 is 5.86. The fraction of sp³-hybridized carbons (Fsp3) is 0.385. The fourth-order valence-electron chi connectivity index (χ4n) is 1.86. The number of methoxy groups -OCH3 is 1. The van der Waals surface area contributed by atoms with E-state index in [1.165, 1.54) is 0 Å². The Kier molecular flexibility index (Phi) is 4.07. The van der Waals surface area contributed by atoms with Gasteiger partial charge in [0.25, 0.3) is 5.89 Å². The van der Waals surface area contributed by atoms with Crippen molar-refractivity contribution in [2.45, 2.75) is 20.0 Å². The van der Waals surface area contributed by atoms with Crippen molar-refractivity contribution in [3.8, 4) is 11.5 Å². The minimum absolute atomic E-state index is 0.203. The highest BCUT2D eigenvalue weighted by molar-refractivity contribution is 6.31. The minimum Gasteiger partial charge on any atom is -0.398 e. The number of hydrogen-bond donors (Lipinski definition) is 1. The molecule has 0 radical (unpaired) electrons. The van der Waals surface area contributed by atoms with Gasteiger partial charge >= 0.3 is 0 Å². The Bertz CT molecular complexity index is 569. The second-order valence-electron chi connectivity index (χ2n) is 4.59. The Hall–Kier alpha value is -1.59. The Labute approximate surface area is 116 Å². The molecule has 5 nitrogen and oxygen atoms in total. The molecule has 1 aromatic carbocycles. The molecule has 19 heavy (non-hydrogen) atoms. The van der Waals surface area contributed by atoms with Gasteiger partial charge in [0.05, 0.1) is 5.56 Å². The SMILES string of the molecule is COC(c1noc(-c2ccc(Cl)cc2N)n1)C(C)C. The fourth-order valence-corrected chi connectivity index (χ4v) is 2.04. The van der Waals surface area contributed by atoms with E-state index in [1.807, 2.05) is 13.8 Å². The molecule has 1 atom stereocenters. The van der Waals surface area contributed by atoms with Gasteiger partial charge in [0.1, 0.15) is 6.10 Å². The molecule has 2 rings (SSSR count). The zero-order valence-corrected chi connectivity index (χ0v) is 11.8. The van der Waals surface area contributed by atoms with Gasteiger partial charge in [0.15, 0.2) is 0 Å². The topological polar surface area (TPSA) is 74.2 Å². The number of benzene rings is 1. The molecule has 2 N–H and O–H groups in total. The summed E-state index contributed by atoms with van der Waals surface area (Å²) in [6, 6.07) is 5.14. The molecule has 2 aromatic rings. The van der Waals surface area contributed by atoms with Gasteiger partial charge in [-0.15, -0.1) is 0 Å². The number of rotatable bonds is 4. The number of ether oxygens (including phenoxy) is 1. The normalized spacial score (nSPS) is 12.9. The summed E-state index contributed by atoms with van der Waals surface area (Å²) in [5, 5.41) is 4.52. The third kappa shape index (κ3) is 2.88. The van der Waals surface area contributed by atoms with Crippen LogP contribution in [0.3, 0.4) is 0 Å². The Morgan fingerprint density at radius 1 is 1.37 bits per heavy atom. The maximum atomic E-state index is 5.89. The van der Waals surface area contributed by atoms with Gasteiger partial charge in [0, 0.05) is 17.8 Å². The molecular formula is C13H16ClN3O2. The molecule has 0 amide bonds. The van der Waals surface area contributed by atoms with E-state index in [2.05, 4.69) is 10.1 Å². The van der Waals surface area contributed by atoms with Gasteiger partial charge in [-0.3, -0.25) is 0 Å². The maximum Gasteiger partial charge on any atom is 0.260 e. The number of hydrogen-bond acceptors (Lipinski definition) is 5. The molecule has 0 aliphatic heterocycles. The van der Waals surface area contributed by atoms with Crippen LogP contribution >= 0.6 is 11.6 Å². The molecule has 0 spiro atoms. The van der Waals surface area contributed by atoms with Crippen LogP contribution in [0.1, 0.15) is 25.8 Å². The second kappa shape index (κ2) is 5.59. The van der Waals surface area contributed by atoms with Gasteiger partial charge in [-0.05, 0) is 24.1 Å². The number of nitrogens with zero attached hydrogens (tertiary/aromatic N) is 2. The van der Waals surface area contributed by atoms with Crippen molar-refractivity contribution in [3.63, 3.8) is 0 Å². The summed E-state index contributed by atoms with van der Waals surface area (Å²) in [5.41, 5.74) is 7.06. The van der Waals surface area contributed by atoms with Crippen molar-refractivity contribution >= 4 is 17.3 Å². The molecular weight excluding hydrogens is 266 g/mol. The summed E-state index contributed by atoms with van der Waals surface area (Å²) in [5.74, 6) is 1.13. The Morgan fingerprint density at radius 2 is 2.11 bits per heavy atom. The molecule has 0 aliphatic carbocycles. The van der Waals surface area contributed by atoms with Crippen molar-refractivity contribution in [2.24, 2.45) is 5.92 Å². The average Bonchev–Trinajstić information content (AvgIpc) is 2.78. The number of nitrogens with two attached hydrogens (primary N) is 1. The van der Waals surface area contributed by atoms with Crippen LogP contribution in [0, 0.1) is 5.92 Å². The maximum absolute atomic E-state index is 5.89. The average molecular weight is 282 g/mol. The summed E-state index contributed by atoms with van der Waals surface area (Å²) in [7, 11) is 1.62. The molecule has 0 saturated heterocycles. The standard InChI is InChI=1S/C13H16ClN3O2/c1-7(2)11(18-3)12-16-13(19-17-12)9-5-4-8(14)6-10(9)15/h4-7,11H,15H2,1-3H3. The van der Waals surface area contributed by atoms with E-state index in [0.717, 1.165) is 0 Å². The predicted octanol–water partition coefficient (Wildman–Crippen LogP) is 3.32. The van der Waals surface area contributed by atoms with Gasteiger partial charge in [-0.1, -0.05) is 30.6 Å². The lowest BCUT2D eigenvalue weighted by Gasteiger charge is -2.14. The first-order valence-electron chi connectivity index (χ1n) is 5.94. The van der Waals surface area contributed by atoms with Crippen LogP contribution in [0.25, 0.3) is 11.5 Å². The highest BCUT2D eigenvalue weighted by Crippen LogP contribution is 2.29. The van der Waals surface area contributed by atoms with Crippen LogP contribution in [0.15, 0.2) is 22.7 Å². The molecule has 0 fully saturated rings. The number of halogens is 1. The van der Waals surface area contributed by atoms with Crippen molar-refractivity contribution in [1.82, 2.24) is 10.1 Å². The molecule has 1 aromatic heterocycles. The predicted molar refractivity (Wildman–Crippen MR) is 73.7 cm³/mol. The molecule has 1 heterocycles. The highest BCUT2D eigenvalue weighted by Gasteiger charge is 2.22. The summed E-state index contributed by atoms with van der Waals surface area (Å²) in [6.45, 7) is 4.06. The quantitative estimate of drug-likeness (QED) is 0.870. The number of aromatic nitrogens is 2. The third-order valence-electron chi connectivity index (χ3n) is 2.80. The van der Waals surface area contributed by atoms with Gasteiger partial charge in [-0.25, -0.2) is 0 Å². The minimum atomic E-state index is -0.203. The summed E-state index contributed by atoms with van der Waals surface area (Å²) < 4.78 is 10.6. The molecule has 102 valence electrons. The first kappa shape index (κ1) is 13.8. The van der Waals surface area contributed by atoms with Gasteiger partial charge < -0.3 is 15.0 Å². The largest absolute Gasteiger partial charge is 0.398 e. The van der Waals surface area contributed by atoms with E-state index >= 15 is 0 Å². The van der Waals surface area contributed by atoms with Crippen LogP contribution in [-0.2, 0) is 4.74 Å². The van der Waals surface area contributed by atoms with Gasteiger partial charge in [-0.2, -0.15) is 4.98 Å².